The van der Waals surface area contributed by atoms with Crippen molar-refractivity contribution in [2.24, 2.45) is 7.05 Å². The molecule has 0 unspecified atom stereocenters. The van der Waals surface area contributed by atoms with Crippen molar-refractivity contribution in [2.45, 2.75) is 0 Å². The average molecular weight is 256 g/mol. The summed E-state index contributed by atoms with van der Waals surface area (Å²) in [5.74, 6) is -0.713. The summed E-state index contributed by atoms with van der Waals surface area (Å²) in [6.45, 7) is 0. The second-order valence-electron chi connectivity index (χ2n) is 3.42. The first kappa shape index (κ1) is 11.2. The quantitative estimate of drug-likeness (QED) is 0.470. The molecule has 1 aromatic heterocycles. The summed E-state index contributed by atoms with van der Waals surface area (Å²) in [6, 6.07) is 5.15. The Morgan fingerprint density at radius 2 is 2.00 bits per heavy atom. The summed E-state index contributed by atoms with van der Waals surface area (Å²) in [5.41, 5.74) is 1.10. The highest BCUT2D eigenvalue weighted by atomic mass is 35.5. The number of fused-ring (bicyclic) bond motifs is 1. The Morgan fingerprint density at radius 3 is 2.62 bits per heavy atom. The van der Waals surface area contributed by atoms with Gasteiger partial charge in [-0.1, -0.05) is 11.6 Å². The van der Waals surface area contributed by atoms with Crippen LogP contribution in [0, 0.1) is 0 Å². The van der Waals surface area contributed by atoms with Crippen molar-refractivity contribution in [1.82, 2.24) is 4.57 Å². The number of ketones is 1. The molecule has 0 bridgehead atoms. The van der Waals surface area contributed by atoms with Gasteiger partial charge in [0.15, 0.2) is 0 Å². The van der Waals surface area contributed by atoms with Crippen molar-refractivity contribution in [3.8, 4) is 0 Å². The van der Waals surface area contributed by atoms with Gasteiger partial charge in [-0.2, -0.15) is 0 Å². The number of halogens is 2. The Bertz CT molecular complexity index is 601. The molecule has 0 N–H and O–H groups in total. The molecule has 0 saturated heterocycles. The predicted octanol–water partition coefficient (Wildman–Crippen LogP) is 2.78. The Morgan fingerprint density at radius 1 is 1.31 bits per heavy atom. The highest BCUT2D eigenvalue weighted by molar-refractivity contribution is 6.83. The molecule has 0 atom stereocenters. The van der Waals surface area contributed by atoms with Crippen molar-refractivity contribution in [3.05, 3.63) is 35.0 Å². The maximum Gasteiger partial charge on any atom is 0.293 e. The van der Waals surface area contributed by atoms with Crippen molar-refractivity contribution in [3.63, 3.8) is 0 Å². The topological polar surface area (TPSA) is 39.1 Å². The molecule has 2 aromatic rings. The third-order valence-electron chi connectivity index (χ3n) is 2.37. The van der Waals surface area contributed by atoms with E-state index < -0.39 is 11.0 Å². The fraction of sp³-hybridized carbons (Fsp3) is 0.0909. The van der Waals surface area contributed by atoms with E-state index in [2.05, 4.69) is 0 Å². The average Bonchev–Trinajstić information content (AvgIpc) is 2.54. The number of Topliss-reactive ketones (excluding diaryl/α,β-unsaturated/α-hetero) is 1. The molecule has 2 rings (SSSR count). The molecule has 3 nitrogen and oxygen atoms in total. The first-order valence-electron chi connectivity index (χ1n) is 4.49. The highest BCUT2D eigenvalue weighted by Gasteiger charge is 2.19. The summed E-state index contributed by atoms with van der Waals surface area (Å²) >= 11 is 11.0. The van der Waals surface area contributed by atoms with Gasteiger partial charge in [-0.05, 0) is 29.8 Å². The first-order chi connectivity index (χ1) is 7.50. The molecule has 0 aliphatic heterocycles. The summed E-state index contributed by atoms with van der Waals surface area (Å²) in [4.78, 5) is 22.4. The highest BCUT2D eigenvalue weighted by Crippen LogP contribution is 2.25. The van der Waals surface area contributed by atoms with Crippen molar-refractivity contribution >= 4 is 45.1 Å². The maximum atomic E-state index is 11.5. The van der Waals surface area contributed by atoms with Crippen LogP contribution < -0.4 is 0 Å². The lowest BCUT2D eigenvalue weighted by Gasteiger charge is -1.96. The van der Waals surface area contributed by atoms with E-state index in [0.29, 0.717) is 10.4 Å². The number of hydrogen-bond acceptors (Lipinski definition) is 2. The lowest BCUT2D eigenvalue weighted by molar-refractivity contribution is -0.108. The van der Waals surface area contributed by atoms with Crippen molar-refractivity contribution < 1.29 is 9.59 Å². The zero-order valence-corrected chi connectivity index (χ0v) is 9.84. The number of carbonyl (C=O) groups excluding carboxylic acids is 2. The fourth-order valence-corrected chi connectivity index (χ4v) is 1.93. The van der Waals surface area contributed by atoms with E-state index in [0.717, 1.165) is 5.52 Å². The van der Waals surface area contributed by atoms with E-state index in [1.165, 1.54) is 0 Å². The Kier molecular flexibility index (Phi) is 2.74. The van der Waals surface area contributed by atoms with Gasteiger partial charge in [0, 0.05) is 29.2 Å². The number of rotatable bonds is 2. The second kappa shape index (κ2) is 3.92. The van der Waals surface area contributed by atoms with Crippen molar-refractivity contribution in [2.75, 3.05) is 0 Å². The number of aromatic nitrogens is 1. The number of aryl methyl sites for hydroxylation is 1. The largest absolute Gasteiger partial charge is 0.350 e. The lowest BCUT2D eigenvalue weighted by Crippen LogP contribution is -2.06. The standard InChI is InChI=1S/C11H7Cl2NO2/c1-14-5-8(10(15)11(13)16)7-4-6(12)2-3-9(7)14/h2-5H,1H3. The van der Waals surface area contributed by atoms with Gasteiger partial charge in [0.25, 0.3) is 5.24 Å². The molecule has 82 valence electrons. The maximum absolute atomic E-state index is 11.5. The molecular weight excluding hydrogens is 249 g/mol. The lowest BCUT2D eigenvalue weighted by atomic mass is 10.1. The summed E-state index contributed by atoms with van der Waals surface area (Å²) in [6.07, 6.45) is 1.57. The molecular formula is C11H7Cl2NO2. The fourth-order valence-electron chi connectivity index (χ4n) is 1.65. The molecule has 1 heterocycles. The third-order valence-corrected chi connectivity index (χ3v) is 2.78. The minimum absolute atomic E-state index is 0.278. The van der Waals surface area contributed by atoms with Crippen LogP contribution in [0.1, 0.15) is 10.4 Å². The molecule has 0 fully saturated rings. The van der Waals surface area contributed by atoms with Crippen LogP contribution >= 0.6 is 23.2 Å². The van der Waals surface area contributed by atoms with E-state index in [-0.39, 0.29) is 5.56 Å². The van der Waals surface area contributed by atoms with Gasteiger partial charge >= 0.3 is 0 Å². The molecule has 5 heteroatoms. The Labute approximate surface area is 102 Å². The van der Waals surface area contributed by atoms with E-state index >= 15 is 0 Å². The number of hydrogen-bond donors (Lipinski definition) is 0. The molecule has 0 aliphatic carbocycles. The summed E-state index contributed by atoms with van der Waals surface area (Å²) in [5, 5.41) is 0.149. The van der Waals surface area contributed by atoms with Crippen LogP contribution in [0.2, 0.25) is 5.02 Å². The van der Waals surface area contributed by atoms with Gasteiger partial charge in [0.05, 0.1) is 5.56 Å². The molecule has 0 aliphatic rings. The third kappa shape index (κ3) is 1.72. The van der Waals surface area contributed by atoms with Gasteiger partial charge < -0.3 is 4.57 Å². The van der Waals surface area contributed by atoms with Crippen molar-refractivity contribution in [1.29, 1.82) is 0 Å². The van der Waals surface area contributed by atoms with Crippen LogP contribution in [0.25, 0.3) is 10.9 Å². The van der Waals surface area contributed by atoms with Crippen LogP contribution in [0.4, 0.5) is 0 Å². The van der Waals surface area contributed by atoms with E-state index in [9.17, 15) is 9.59 Å². The molecule has 0 spiro atoms. The van der Waals surface area contributed by atoms with E-state index in [4.69, 9.17) is 23.2 Å². The summed E-state index contributed by atoms with van der Waals surface area (Å²) in [7, 11) is 1.78. The zero-order chi connectivity index (χ0) is 11.9. The van der Waals surface area contributed by atoms with Crippen LogP contribution in [-0.4, -0.2) is 15.6 Å². The minimum Gasteiger partial charge on any atom is -0.350 e. The normalized spacial score (nSPS) is 10.7. The number of carbonyl (C=O) groups is 2. The molecule has 0 saturated carbocycles. The number of benzene rings is 1. The molecule has 0 radical (unpaired) electrons. The summed E-state index contributed by atoms with van der Waals surface area (Å²) < 4.78 is 1.75. The number of nitrogens with zero attached hydrogens (tertiary/aromatic N) is 1. The molecule has 1 aromatic carbocycles. The minimum atomic E-state index is -0.993. The van der Waals surface area contributed by atoms with Gasteiger partial charge in [-0.3, -0.25) is 9.59 Å². The zero-order valence-electron chi connectivity index (χ0n) is 8.33. The monoisotopic (exact) mass is 255 g/mol. The Balaban J connectivity index is 2.75. The molecule has 16 heavy (non-hydrogen) atoms. The van der Waals surface area contributed by atoms with Gasteiger partial charge in [0.1, 0.15) is 0 Å². The van der Waals surface area contributed by atoms with E-state index in [1.807, 2.05) is 0 Å². The molecule has 0 amide bonds. The van der Waals surface area contributed by atoms with Crippen LogP contribution in [0.5, 0.6) is 0 Å². The Hall–Kier alpha value is -1.32. The SMILES string of the molecule is Cn1cc(C(=O)C(=O)Cl)c2cc(Cl)ccc21. The van der Waals surface area contributed by atoms with Gasteiger partial charge in [-0.25, -0.2) is 0 Å². The van der Waals surface area contributed by atoms with Crippen LogP contribution in [0.3, 0.4) is 0 Å². The smallest absolute Gasteiger partial charge is 0.293 e. The van der Waals surface area contributed by atoms with Crippen LogP contribution in [0.15, 0.2) is 24.4 Å². The van der Waals surface area contributed by atoms with E-state index in [1.54, 1.807) is 36.0 Å². The predicted molar refractivity (Wildman–Crippen MR) is 63.1 cm³/mol. The van der Waals surface area contributed by atoms with Gasteiger partial charge in [-0.15, -0.1) is 0 Å². The first-order valence-corrected chi connectivity index (χ1v) is 5.25. The van der Waals surface area contributed by atoms with Crippen LogP contribution in [-0.2, 0) is 11.8 Å². The second-order valence-corrected chi connectivity index (χ2v) is 4.20. The van der Waals surface area contributed by atoms with Gasteiger partial charge in [0.2, 0.25) is 5.78 Å².